The molecule has 1 fully saturated rings. The first-order valence-corrected chi connectivity index (χ1v) is 5.38. The maximum atomic E-state index is 5.61. The SMILES string of the molecule is C[C@H]1OC(C)(C)O[C@@H]1C=C(Br)Br. The molecule has 4 heteroatoms. The van der Waals surface area contributed by atoms with Crippen LogP contribution < -0.4 is 0 Å². The highest BCUT2D eigenvalue weighted by molar-refractivity contribution is 9.28. The molecule has 2 nitrogen and oxygen atoms in total. The van der Waals surface area contributed by atoms with Crippen LogP contribution in [0.4, 0.5) is 0 Å². The molecule has 0 saturated carbocycles. The molecule has 0 aliphatic carbocycles. The maximum absolute atomic E-state index is 5.61. The molecule has 0 N–H and O–H groups in total. The van der Waals surface area contributed by atoms with Crippen LogP contribution in [0.1, 0.15) is 20.8 Å². The molecule has 0 bridgehead atoms. The van der Waals surface area contributed by atoms with Crippen molar-refractivity contribution >= 4 is 31.9 Å². The quantitative estimate of drug-likeness (QED) is 0.740. The summed E-state index contributed by atoms with van der Waals surface area (Å²) in [5, 5.41) is 0. The van der Waals surface area contributed by atoms with E-state index in [9.17, 15) is 0 Å². The summed E-state index contributed by atoms with van der Waals surface area (Å²) < 4.78 is 12.1. The second-order valence-electron chi connectivity index (χ2n) is 3.26. The fourth-order valence-corrected chi connectivity index (χ4v) is 1.78. The number of rotatable bonds is 1. The highest BCUT2D eigenvalue weighted by atomic mass is 79.9. The summed E-state index contributed by atoms with van der Waals surface area (Å²) in [7, 11) is 0. The first kappa shape index (κ1) is 10.7. The Morgan fingerprint density at radius 1 is 1.33 bits per heavy atom. The normalized spacial score (nSPS) is 33.4. The van der Waals surface area contributed by atoms with Crippen molar-refractivity contribution in [3.05, 3.63) is 9.47 Å². The monoisotopic (exact) mass is 298 g/mol. The Hall–Kier alpha value is 0.620. The molecule has 0 radical (unpaired) electrons. The van der Waals surface area contributed by atoms with Gasteiger partial charge in [-0.1, -0.05) is 0 Å². The van der Waals surface area contributed by atoms with Gasteiger partial charge in [-0.25, -0.2) is 0 Å². The van der Waals surface area contributed by atoms with Gasteiger partial charge in [-0.3, -0.25) is 0 Å². The van der Waals surface area contributed by atoms with E-state index in [1.54, 1.807) is 0 Å². The number of hydrogen-bond acceptors (Lipinski definition) is 2. The molecule has 1 aliphatic heterocycles. The minimum atomic E-state index is -0.462. The Balaban J connectivity index is 2.65. The van der Waals surface area contributed by atoms with E-state index in [0.29, 0.717) is 0 Å². The summed E-state index contributed by atoms with van der Waals surface area (Å²) in [6, 6.07) is 0. The van der Waals surface area contributed by atoms with Gasteiger partial charge in [0.2, 0.25) is 0 Å². The van der Waals surface area contributed by atoms with Crippen molar-refractivity contribution in [1.29, 1.82) is 0 Å². The molecule has 0 spiro atoms. The Bertz CT molecular complexity index is 197. The Labute approximate surface area is 89.6 Å². The fourth-order valence-electron chi connectivity index (χ4n) is 1.26. The topological polar surface area (TPSA) is 18.5 Å². The first-order valence-electron chi connectivity index (χ1n) is 3.79. The van der Waals surface area contributed by atoms with Gasteiger partial charge in [0.25, 0.3) is 0 Å². The van der Waals surface area contributed by atoms with Gasteiger partial charge < -0.3 is 9.47 Å². The molecule has 12 heavy (non-hydrogen) atoms. The largest absolute Gasteiger partial charge is 0.345 e. The zero-order valence-electron chi connectivity index (χ0n) is 7.30. The van der Waals surface area contributed by atoms with Gasteiger partial charge in [-0.05, 0) is 58.7 Å². The molecule has 1 aliphatic rings. The van der Waals surface area contributed by atoms with Gasteiger partial charge >= 0.3 is 0 Å². The molecule has 0 aromatic rings. The van der Waals surface area contributed by atoms with Gasteiger partial charge in [-0.15, -0.1) is 0 Å². The van der Waals surface area contributed by atoms with E-state index in [1.807, 2.05) is 26.8 Å². The molecule has 0 amide bonds. The standard InChI is InChI=1S/C8H12Br2O2/c1-5-6(4-7(9)10)12-8(2,3)11-5/h4-6H,1-3H3/t5-,6-/m1/s1. The number of ether oxygens (including phenoxy) is 2. The average molecular weight is 300 g/mol. The van der Waals surface area contributed by atoms with E-state index in [0.717, 1.165) is 3.39 Å². The predicted octanol–water partition coefficient (Wildman–Crippen LogP) is 3.16. The third kappa shape index (κ3) is 2.83. The molecular formula is C8H12Br2O2. The molecule has 1 saturated heterocycles. The third-order valence-corrected chi connectivity index (χ3v) is 2.17. The van der Waals surface area contributed by atoms with Crippen LogP contribution >= 0.6 is 31.9 Å². The fraction of sp³-hybridized carbons (Fsp3) is 0.750. The lowest BCUT2D eigenvalue weighted by Crippen LogP contribution is -2.20. The minimum Gasteiger partial charge on any atom is -0.345 e. The second kappa shape index (κ2) is 3.78. The van der Waals surface area contributed by atoms with E-state index < -0.39 is 5.79 Å². The summed E-state index contributed by atoms with van der Waals surface area (Å²) in [6.45, 7) is 5.83. The zero-order chi connectivity index (χ0) is 9.35. The first-order chi connectivity index (χ1) is 5.41. The highest BCUT2D eigenvalue weighted by Crippen LogP contribution is 2.30. The smallest absolute Gasteiger partial charge is 0.164 e. The van der Waals surface area contributed by atoms with Gasteiger partial charge in [0, 0.05) is 0 Å². The molecule has 0 aromatic carbocycles. The lowest BCUT2D eigenvalue weighted by atomic mass is 10.2. The van der Waals surface area contributed by atoms with Crippen LogP contribution in [0.2, 0.25) is 0 Å². The summed E-state index contributed by atoms with van der Waals surface area (Å²) in [6.07, 6.45) is 2.07. The Morgan fingerprint density at radius 2 is 1.92 bits per heavy atom. The maximum Gasteiger partial charge on any atom is 0.164 e. The van der Waals surface area contributed by atoms with Crippen LogP contribution in [0, 0.1) is 0 Å². The highest BCUT2D eigenvalue weighted by Gasteiger charge is 2.37. The van der Waals surface area contributed by atoms with Gasteiger partial charge in [0.1, 0.15) is 6.10 Å². The van der Waals surface area contributed by atoms with Crippen molar-refractivity contribution in [2.75, 3.05) is 0 Å². The van der Waals surface area contributed by atoms with Gasteiger partial charge in [0.05, 0.1) is 9.50 Å². The summed E-state index contributed by atoms with van der Waals surface area (Å²) in [4.78, 5) is 0. The van der Waals surface area contributed by atoms with Gasteiger partial charge in [-0.2, -0.15) is 0 Å². The Kier molecular flexibility index (Phi) is 3.37. The second-order valence-corrected chi connectivity index (χ2v) is 6.03. The van der Waals surface area contributed by atoms with Crippen LogP contribution in [0.15, 0.2) is 9.47 Å². The minimum absolute atomic E-state index is 0.0220. The molecule has 2 atom stereocenters. The molecule has 1 rings (SSSR count). The lowest BCUT2D eigenvalue weighted by Gasteiger charge is -2.15. The van der Waals surface area contributed by atoms with Crippen LogP contribution in [-0.2, 0) is 9.47 Å². The average Bonchev–Trinajstić information content (AvgIpc) is 2.03. The summed E-state index contributed by atoms with van der Waals surface area (Å²) in [5.41, 5.74) is 0. The Morgan fingerprint density at radius 3 is 2.25 bits per heavy atom. The lowest BCUT2D eigenvalue weighted by molar-refractivity contribution is -0.141. The van der Waals surface area contributed by atoms with Crippen molar-refractivity contribution in [2.45, 2.75) is 38.8 Å². The van der Waals surface area contributed by atoms with E-state index in [1.165, 1.54) is 0 Å². The van der Waals surface area contributed by atoms with Crippen LogP contribution in [0.25, 0.3) is 0 Å². The zero-order valence-corrected chi connectivity index (χ0v) is 10.5. The molecular weight excluding hydrogens is 288 g/mol. The number of hydrogen-bond donors (Lipinski definition) is 0. The molecule has 0 aromatic heterocycles. The van der Waals surface area contributed by atoms with E-state index in [-0.39, 0.29) is 12.2 Å². The van der Waals surface area contributed by atoms with Crippen LogP contribution in [0.5, 0.6) is 0 Å². The molecule has 0 unspecified atom stereocenters. The summed E-state index contributed by atoms with van der Waals surface area (Å²) >= 11 is 6.58. The van der Waals surface area contributed by atoms with Crippen molar-refractivity contribution in [2.24, 2.45) is 0 Å². The van der Waals surface area contributed by atoms with E-state index in [4.69, 9.17) is 9.47 Å². The van der Waals surface area contributed by atoms with Crippen molar-refractivity contribution in [1.82, 2.24) is 0 Å². The third-order valence-electron chi connectivity index (χ3n) is 1.64. The van der Waals surface area contributed by atoms with E-state index in [2.05, 4.69) is 31.9 Å². The summed E-state index contributed by atoms with van der Waals surface area (Å²) in [5.74, 6) is -0.462. The van der Waals surface area contributed by atoms with E-state index >= 15 is 0 Å². The van der Waals surface area contributed by atoms with Crippen molar-refractivity contribution in [3.63, 3.8) is 0 Å². The van der Waals surface area contributed by atoms with Crippen molar-refractivity contribution in [3.8, 4) is 0 Å². The van der Waals surface area contributed by atoms with Crippen LogP contribution in [-0.4, -0.2) is 18.0 Å². The molecule has 70 valence electrons. The van der Waals surface area contributed by atoms with Crippen LogP contribution in [0.3, 0.4) is 0 Å². The van der Waals surface area contributed by atoms with Gasteiger partial charge in [0.15, 0.2) is 5.79 Å². The van der Waals surface area contributed by atoms with Crippen molar-refractivity contribution < 1.29 is 9.47 Å². The number of halogens is 2. The predicted molar refractivity (Wildman–Crippen MR) is 55.4 cm³/mol. The molecule has 1 heterocycles.